The number of ketones is 1. The molecule has 5 heteroatoms. The molecule has 2 aliphatic carbocycles. The summed E-state index contributed by atoms with van der Waals surface area (Å²) in [6.45, 7) is 6.42. The molecule has 0 heterocycles. The molecule has 2 saturated carbocycles. The van der Waals surface area contributed by atoms with Crippen molar-refractivity contribution in [2.45, 2.75) is 33.6 Å². The lowest BCUT2D eigenvalue weighted by Crippen LogP contribution is -2.35. The number of carbonyl (C=O) groups is 1. The van der Waals surface area contributed by atoms with Gasteiger partial charge in [0.05, 0.1) is 0 Å². The molecule has 0 saturated heterocycles. The molecule has 2 rings (SSSR count). The highest BCUT2D eigenvalue weighted by molar-refractivity contribution is 7.80. The Labute approximate surface area is 114 Å². The van der Waals surface area contributed by atoms with Crippen LogP contribution in [-0.4, -0.2) is 35.6 Å². The molecule has 0 unspecified atom stereocenters. The summed E-state index contributed by atoms with van der Waals surface area (Å²) in [6, 6.07) is 0. The van der Waals surface area contributed by atoms with Gasteiger partial charge in [0.1, 0.15) is 5.71 Å². The summed E-state index contributed by atoms with van der Waals surface area (Å²) in [7, 11) is 3.70. The maximum Gasteiger partial charge on any atom is 0.189 e. The number of carbonyl (C=O) groups excluding carboxylic acids is 1. The highest BCUT2D eigenvalue weighted by Crippen LogP contribution is 2.62. The Morgan fingerprint density at radius 1 is 1.44 bits per heavy atom. The Kier molecular flexibility index (Phi) is 3.00. The van der Waals surface area contributed by atoms with Gasteiger partial charge in [-0.15, -0.1) is 0 Å². The van der Waals surface area contributed by atoms with Gasteiger partial charge in [-0.3, -0.25) is 10.2 Å². The zero-order chi connectivity index (χ0) is 13.7. The molecule has 0 spiro atoms. The van der Waals surface area contributed by atoms with Crippen molar-refractivity contribution in [3.63, 3.8) is 0 Å². The van der Waals surface area contributed by atoms with E-state index in [1.807, 2.05) is 14.1 Å². The molecule has 4 nitrogen and oxygen atoms in total. The molecular formula is C13H21N3OS. The largest absolute Gasteiger partial charge is 0.354 e. The summed E-state index contributed by atoms with van der Waals surface area (Å²) in [5.74, 6) is 0.449. The number of hydrogen-bond acceptors (Lipinski definition) is 3. The quantitative estimate of drug-likeness (QED) is 0.581. The van der Waals surface area contributed by atoms with Gasteiger partial charge >= 0.3 is 0 Å². The summed E-state index contributed by atoms with van der Waals surface area (Å²) >= 11 is 5.12. The van der Waals surface area contributed by atoms with Gasteiger partial charge in [-0.1, -0.05) is 20.8 Å². The molecule has 1 N–H and O–H groups in total. The van der Waals surface area contributed by atoms with E-state index in [2.05, 4.69) is 31.3 Å². The maximum atomic E-state index is 12.5. The Morgan fingerprint density at radius 2 is 2.06 bits per heavy atom. The summed E-state index contributed by atoms with van der Waals surface area (Å²) in [4.78, 5) is 14.2. The zero-order valence-corrected chi connectivity index (χ0v) is 12.5. The number of rotatable bonds is 1. The fourth-order valence-electron chi connectivity index (χ4n) is 3.16. The van der Waals surface area contributed by atoms with Crippen molar-refractivity contribution in [2.24, 2.45) is 21.8 Å². The van der Waals surface area contributed by atoms with Crippen LogP contribution >= 0.6 is 12.2 Å². The second-order valence-electron chi connectivity index (χ2n) is 6.28. The predicted octanol–water partition coefficient (Wildman–Crippen LogP) is 1.80. The van der Waals surface area contributed by atoms with Crippen LogP contribution in [0.4, 0.5) is 0 Å². The number of nitrogens with one attached hydrogen (secondary N) is 1. The fraction of sp³-hybridized carbons (Fsp3) is 0.769. The topological polar surface area (TPSA) is 44.7 Å². The van der Waals surface area contributed by atoms with Crippen LogP contribution < -0.4 is 5.43 Å². The van der Waals surface area contributed by atoms with Gasteiger partial charge in [0.15, 0.2) is 10.9 Å². The first kappa shape index (κ1) is 13.5. The van der Waals surface area contributed by atoms with Crippen LogP contribution in [0.15, 0.2) is 5.10 Å². The second kappa shape index (κ2) is 4.02. The smallest absolute Gasteiger partial charge is 0.189 e. The minimum atomic E-state index is -0.252. The van der Waals surface area contributed by atoms with Crippen LogP contribution in [-0.2, 0) is 4.79 Å². The number of nitrogens with zero attached hydrogens (tertiary/aromatic N) is 2. The van der Waals surface area contributed by atoms with E-state index in [-0.39, 0.29) is 22.5 Å². The lowest BCUT2D eigenvalue weighted by atomic mass is 9.70. The monoisotopic (exact) mass is 267 g/mol. The summed E-state index contributed by atoms with van der Waals surface area (Å²) < 4.78 is 0. The molecule has 0 aliphatic heterocycles. The van der Waals surface area contributed by atoms with Crippen molar-refractivity contribution >= 4 is 28.8 Å². The molecule has 2 aliphatic rings. The molecule has 2 bridgehead atoms. The Bertz CT molecular complexity index is 442. The third kappa shape index (κ3) is 1.60. The van der Waals surface area contributed by atoms with Gasteiger partial charge in [0, 0.05) is 25.4 Å². The molecule has 0 aromatic rings. The zero-order valence-electron chi connectivity index (χ0n) is 11.7. The molecular weight excluding hydrogens is 246 g/mol. The van der Waals surface area contributed by atoms with Crippen LogP contribution in [0.5, 0.6) is 0 Å². The second-order valence-corrected chi connectivity index (χ2v) is 6.67. The average molecular weight is 267 g/mol. The van der Waals surface area contributed by atoms with Gasteiger partial charge in [0.2, 0.25) is 0 Å². The van der Waals surface area contributed by atoms with Crippen molar-refractivity contribution in [1.29, 1.82) is 0 Å². The lowest BCUT2D eigenvalue weighted by molar-refractivity contribution is -0.123. The number of thiocarbonyl (C=S) groups is 1. The Morgan fingerprint density at radius 3 is 2.50 bits per heavy atom. The van der Waals surface area contributed by atoms with E-state index in [9.17, 15) is 4.79 Å². The van der Waals surface area contributed by atoms with E-state index >= 15 is 0 Å². The molecule has 0 radical (unpaired) electrons. The first-order chi connectivity index (χ1) is 8.22. The molecule has 18 heavy (non-hydrogen) atoms. The standard InChI is InChI=1S/C13H21N3OS/c1-12(2)8-6-7-13(12,3)10(17)9(8)14-15-11(18)16(4)5/h8H,6-7H2,1-5H3,(H,15,18)/b14-9+/t8-,13+/m0/s1. The molecule has 0 aromatic carbocycles. The van der Waals surface area contributed by atoms with E-state index in [0.717, 1.165) is 12.8 Å². The third-order valence-electron chi connectivity index (χ3n) is 4.97. The summed E-state index contributed by atoms with van der Waals surface area (Å²) in [5, 5.41) is 4.81. The highest BCUT2D eigenvalue weighted by Gasteiger charge is 2.65. The van der Waals surface area contributed by atoms with Crippen molar-refractivity contribution in [3.8, 4) is 0 Å². The fourth-order valence-corrected chi connectivity index (χ4v) is 3.21. The maximum absolute atomic E-state index is 12.5. The van der Waals surface area contributed by atoms with Gasteiger partial charge < -0.3 is 4.90 Å². The Balaban J connectivity index is 2.25. The van der Waals surface area contributed by atoms with Crippen LogP contribution in [0.25, 0.3) is 0 Å². The van der Waals surface area contributed by atoms with Crippen molar-refractivity contribution < 1.29 is 4.79 Å². The molecule has 2 atom stereocenters. The first-order valence-corrected chi connectivity index (χ1v) is 6.72. The Hall–Kier alpha value is -0.970. The number of hydrazone groups is 1. The van der Waals surface area contributed by atoms with E-state index in [0.29, 0.717) is 10.8 Å². The van der Waals surface area contributed by atoms with E-state index in [1.54, 1.807) is 4.90 Å². The third-order valence-corrected chi connectivity index (χ3v) is 5.42. The van der Waals surface area contributed by atoms with Gasteiger partial charge in [-0.05, 0) is 30.5 Å². The number of Topliss-reactive ketones (excluding diaryl/α,β-unsaturated/α-hetero) is 1. The van der Waals surface area contributed by atoms with Crippen molar-refractivity contribution in [1.82, 2.24) is 10.3 Å². The van der Waals surface area contributed by atoms with Crippen LogP contribution in [0.1, 0.15) is 33.6 Å². The normalized spacial score (nSPS) is 35.1. The number of hydrogen-bond donors (Lipinski definition) is 1. The van der Waals surface area contributed by atoms with E-state index in [1.165, 1.54) is 0 Å². The summed E-state index contributed by atoms with van der Waals surface area (Å²) in [5.41, 5.74) is 3.25. The molecule has 2 fully saturated rings. The van der Waals surface area contributed by atoms with E-state index < -0.39 is 0 Å². The molecule has 0 amide bonds. The predicted molar refractivity (Wildman–Crippen MR) is 76.5 cm³/mol. The minimum absolute atomic E-state index is 0.00430. The highest BCUT2D eigenvalue weighted by atomic mass is 32.1. The van der Waals surface area contributed by atoms with Gasteiger partial charge in [-0.2, -0.15) is 5.10 Å². The summed E-state index contributed by atoms with van der Waals surface area (Å²) in [6.07, 6.45) is 2.02. The van der Waals surface area contributed by atoms with E-state index in [4.69, 9.17) is 12.2 Å². The minimum Gasteiger partial charge on any atom is -0.354 e. The SMILES string of the molecule is CN(C)C(=S)N/N=C1/C(=O)[C@@]2(C)CC[C@@H]1C2(C)C. The van der Waals surface area contributed by atoms with Crippen molar-refractivity contribution in [2.75, 3.05) is 14.1 Å². The average Bonchev–Trinajstić information content (AvgIpc) is 2.58. The van der Waals surface area contributed by atoms with Gasteiger partial charge in [0.25, 0.3) is 0 Å². The number of fused-ring (bicyclic) bond motifs is 2. The van der Waals surface area contributed by atoms with Crippen LogP contribution in [0.3, 0.4) is 0 Å². The van der Waals surface area contributed by atoms with Crippen LogP contribution in [0.2, 0.25) is 0 Å². The van der Waals surface area contributed by atoms with Crippen molar-refractivity contribution in [3.05, 3.63) is 0 Å². The molecule has 0 aromatic heterocycles. The lowest BCUT2D eigenvalue weighted by Gasteiger charge is -2.31. The first-order valence-electron chi connectivity index (χ1n) is 6.31. The van der Waals surface area contributed by atoms with Crippen LogP contribution in [0, 0.1) is 16.7 Å². The van der Waals surface area contributed by atoms with Gasteiger partial charge in [-0.25, -0.2) is 0 Å². The molecule has 100 valence electrons.